The highest BCUT2D eigenvalue weighted by molar-refractivity contribution is 7.07. The summed E-state index contributed by atoms with van der Waals surface area (Å²) in [7, 11) is -3.01. The molecule has 3 aliphatic rings. The average molecular weight is 621 g/mol. The van der Waals surface area contributed by atoms with Crippen LogP contribution in [0.15, 0.2) is 139 Å². The van der Waals surface area contributed by atoms with Gasteiger partial charge in [-0.25, -0.2) is 4.79 Å². The zero-order chi connectivity index (χ0) is 31.1. The number of unbranched alkanes of at least 4 members (excludes halogenated alkanes) is 1. The summed E-state index contributed by atoms with van der Waals surface area (Å²) in [5, 5.41) is 3.48. The van der Waals surface area contributed by atoms with Crippen LogP contribution in [0.1, 0.15) is 49.0 Å². The van der Waals surface area contributed by atoms with Crippen molar-refractivity contribution in [3.05, 3.63) is 156 Å². The number of esters is 1. The van der Waals surface area contributed by atoms with Crippen LogP contribution in [0.25, 0.3) is 16.7 Å². The van der Waals surface area contributed by atoms with E-state index in [1.807, 2.05) is 24.3 Å². The molecule has 4 nitrogen and oxygen atoms in total. The molecule has 0 bridgehead atoms. The second-order valence-corrected chi connectivity index (χ2v) is 15.6. The topological polar surface area (TPSA) is 44.8 Å². The average Bonchev–Trinajstić information content (AvgIpc) is 3.44. The van der Waals surface area contributed by atoms with Gasteiger partial charge in [0.05, 0.1) is 12.4 Å². The van der Waals surface area contributed by atoms with Gasteiger partial charge in [-0.3, -0.25) is 0 Å². The summed E-state index contributed by atoms with van der Waals surface area (Å²) < 4.78 is 20.6. The van der Waals surface area contributed by atoms with Gasteiger partial charge in [-0.15, -0.1) is 0 Å². The summed E-state index contributed by atoms with van der Waals surface area (Å²) in [5.74, 6) is 0.552. The van der Waals surface area contributed by atoms with Crippen molar-refractivity contribution in [2.24, 2.45) is 5.92 Å². The van der Waals surface area contributed by atoms with E-state index in [2.05, 4.69) is 116 Å². The van der Waals surface area contributed by atoms with Gasteiger partial charge in [-0.05, 0) is 38.7 Å². The molecule has 2 atom stereocenters. The molecule has 228 valence electrons. The quantitative estimate of drug-likeness (QED) is 0.147. The molecular weight excluding hydrogens is 585 g/mol. The Labute approximate surface area is 271 Å². The fraction of sp³-hybridized carbons (Fsp3) is 0.195. The minimum absolute atomic E-state index is 0.0413. The minimum Gasteiger partial charge on any atom is -0.533 e. The standard InChI is InChI=1S/C41H36O4Si/c1-2-3-16-28-27-43-40(41(42)44-39-33-23-12-10-21-31(33)32-22-11-13-24-34(32)39)37-35-25-14-15-26-36(35)46(45-38(28)37,29-17-6-4-7-18-29)30-19-8-5-9-20-30/h4-15,17-26,28,39-40H,2-3,16,27H2,1H3/t28-,40+/m1/s1. The Hall–Kier alpha value is -4.71. The van der Waals surface area contributed by atoms with Crippen LogP contribution < -0.4 is 15.6 Å². The largest absolute Gasteiger partial charge is 0.533 e. The molecule has 8 rings (SSSR count). The number of hydrogen-bond acceptors (Lipinski definition) is 4. The van der Waals surface area contributed by atoms with Gasteiger partial charge >= 0.3 is 14.3 Å². The van der Waals surface area contributed by atoms with E-state index >= 15 is 0 Å². The molecule has 46 heavy (non-hydrogen) atoms. The van der Waals surface area contributed by atoms with Gasteiger partial charge in [0.1, 0.15) is 0 Å². The number of ether oxygens (including phenoxy) is 2. The SMILES string of the molecule is CCCC[C@@H]1CO[C@H](C(=O)OC2c3ccccc3-c3ccccc32)C2=C1O[Si](c1ccccc1)(c1ccccc1)c1ccccc12. The second kappa shape index (κ2) is 11.9. The molecule has 0 spiro atoms. The first-order chi connectivity index (χ1) is 22.7. The van der Waals surface area contributed by atoms with Crippen LogP contribution in [0.2, 0.25) is 0 Å². The van der Waals surface area contributed by atoms with Crippen LogP contribution >= 0.6 is 0 Å². The lowest BCUT2D eigenvalue weighted by Gasteiger charge is -2.45. The first kappa shape index (κ1) is 28.7. The van der Waals surface area contributed by atoms with Gasteiger partial charge < -0.3 is 13.9 Å². The Morgan fingerprint density at radius 3 is 1.87 bits per heavy atom. The van der Waals surface area contributed by atoms with Crippen molar-refractivity contribution in [2.45, 2.75) is 38.4 Å². The van der Waals surface area contributed by atoms with E-state index in [4.69, 9.17) is 13.9 Å². The van der Waals surface area contributed by atoms with Gasteiger partial charge in [0.15, 0.2) is 12.2 Å². The Morgan fingerprint density at radius 2 is 1.26 bits per heavy atom. The molecule has 0 N–H and O–H groups in total. The molecule has 0 aromatic heterocycles. The van der Waals surface area contributed by atoms with Gasteiger partial charge in [-0.1, -0.05) is 153 Å². The van der Waals surface area contributed by atoms with E-state index in [-0.39, 0.29) is 11.9 Å². The van der Waals surface area contributed by atoms with Crippen molar-refractivity contribution in [1.82, 2.24) is 0 Å². The molecule has 0 fully saturated rings. The number of hydrogen-bond donors (Lipinski definition) is 0. The Kier molecular flexibility index (Phi) is 7.43. The molecule has 0 amide bonds. The number of carbonyl (C=O) groups excluding carboxylic acids is 1. The zero-order valence-corrected chi connectivity index (χ0v) is 26.9. The molecule has 5 heteroatoms. The lowest BCUT2D eigenvalue weighted by atomic mass is 9.88. The van der Waals surface area contributed by atoms with Crippen LogP contribution in [-0.4, -0.2) is 27.0 Å². The lowest BCUT2D eigenvalue weighted by molar-refractivity contribution is -0.158. The molecular formula is C41H36O4Si. The van der Waals surface area contributed by atoms with E-state index in [1.165, 1.54) is 10.4 Å². The second-order valence-electron chi connectivity index (χ2n) is 12.4. The summed E-state index contributed by atoms with van der Waals surface area (Å²) >= 11 is 0. The lowest BCUT2D eigenvalue weighted by Crippen LogP contribution is -2.71. The van der Waals surface area contributed by atoms with E-state index in [1.54, 1.807) is 0 Å². The highest BCUT2D eigenvalue weighted by Gasteiger charge is 2.53. The van der Waals surface area contributed by atoms with Crippen molar-refractivity contribution in [3.8, 4) is 11.1 Å². The molecule has 0 saturated carbocycles. The third kappa shape index (κ3) is 4.57. The maximum Gasteiger partial charge on any atom is 0.347 e. The fourth-order valence-corrected chi connectivity index (χ4v) is 11.7. The van der Waals surface area contributed by atoms with Gasteiger partial charge in [0.2, 0.25) is 0 Å². The highest BCUT2D eigenvalue weighted by Crippen LogP contribution is 2.47. The van der Waals surface area contributed by atoms with Crippen molar-refractivity contribution in [3.63, 3.8) is 0 Å². The van der Waals surface area contributed by atoms with Gasteiger partial charge in [0, 0.05) is 22.6 Å². The molecule has 2 aliphatic heterocycles. The van der Waals surface area contributed by atoms with E-state index in [0.29, 0.717) is 6.61 Å². The smallest absolute Gasteiger partial charge is 0.347 e. The predicted molar refractivity (Wildman–Crippen MR) is 185 cm³/mol. The van der Waals surface area contributed by atoms with Crippen molar-refractivity contribution in [2.75, 3.05) is 6.61 Å². The molecule has 0 radical (unpaired) electrons. The zero-order valence-electron chi connectivity index (χ0n) is 25.9. The van der Waals surface area contributed by atoms with Gasteiger partial charge in [-0.2, -0.15) is 0 Å². The van der Waals surface area contributed by atoms with Crippen LogP contribution in [-0.2, 0) is 18.7 Å². The monoisotopic (exact) mass is 620 g/mol. The predicted octanol–water partition coefficient (Wildman–Crippen LogP) is 6.91. The summed E-state index contributed by atoms with van der Waals surface area (Å²) in [6, 6.07) is 46.1. The Morgan fingerprint density at radius 1 is 0.717 bits per heavy atom. The highest BCUT2D eigenvalue weighted by atomic mass is 28.4. The fourth-order valence-electron chi connectivity index (χ4n) is 7.58. The molecule has 0 saturated heterocycles. The third-order valence-electron chi connectivity index (χ3n) is 9.71. The number of benzene rings is 5. The van der Waals surface area contributed by atoms with E-state index < -0.39 is 20.5 Å². The summed E-state index contributed by atoms with van der Waals surface area (Å²) in [4.78, 5) is 14.4. The number of rotatable bonds is 7. The Balaban J connectivity index is 1.27. The normalized spacial score (nSPS) is 19.3. The van der Waals surface area contributed by atoms with Crippen molar-refractivity contribution < 1.29 is 18.7 Å². The van der Waals surface area contributed by atoms with Crippen LogP contribution in [0.4, 0.5) is 0 Å². The number of fused-ring (bicyclic) bond motifs is 5. The van der Waals surface area contributed by atoms with Gasteiger partial charge in [0.25, 0.3) is 0 Å². The maximum atomic E-state index is 14.4. The van der Waals surface area contributed by atoms with E-state index in [9.17, 15) is 4.79 Å². The molecule has 5 aromatic carbocycles. The van der Waals surface area contributed by atoms with Crippen LogP contribution in [0, 0.1) is 5.92 Å². The first-order valence-corrected chi connectivity index (χ1v) is 18.3. The first-order valence-electron chi connectivity index (χ1n) is 16.3. The maximum absolute atomic E-state index is 14.4. The Bertz CT molecular complexity index is 1850. The molecule has 5 aromatic rings. The molecule has 0 unspecified atom stereocenters. The molecule has 1 aliphatic carbocycles. The minimum atomic E-state index is -3.01. The summed E-state index contributed by atoms with van der Waals surface area (Å²) in [5.41, 5.74) is 6.06. The summed E-state index contributed by atoms with van der Waals surface area (Å²) in [6.07, 6.45) is 1.66. The number of carbonyl (C=O) groups is 1. The van der Waals surface area contributed by atoms with Crippen molar-refractivity contribution in [1.29, 1.82) is 0 Å². The van der Waals surface area contributed by atoms with Crippen molar-refractivity contribution >= 4 is 35.4 Å². The van der Waals surface area contributed by atoms with E-state index in [0.717, 1.165) is 63.6 Å². The molecule has 2 heterocycles. The van der Waals surface area contributed by atoms with Crippen LogP contribution in [0.3, 0.4) is 0 Å². The third-order valence-corrected chi connectivity index (χ3v) is 13.7. The summed E-state index contributed by atoms with van der Waals surface area (Å²) in [6.45, 7) is 2.62. The van der Waals surface area contributed by atoms with Crippen LogP contribution in [0.5, 0.6) is 0 Å².